The number of aldehydes is 1. The van der Waals surface area contributed by atoms with Crippen LogP contribution in [0.2, 0.25) is 0 Å². The number of hydrogen-bond donors (Lipinski definition) is 0. The second-order valence-corrected chi connectivity index (χ2v) is 5.15. The van der Waals surface area contributed by atoms with E-state index < -0.39 is 0 Å². The maximum atomic E-state index is 10.4. The average Bonchev–Trinajstić information content (AvgIpc) is 2.78. The summed E-state index contributed by atoms with van der Waals surface area (Å²) in [6.45, 7) is 5.74. The number of thiazole rings is 1. The van der Waals surface area contributed by atoms with Gasteiger partial charge < -0.3 is 9.69 Å². The molecule has 0 aromatic carbocycles. The Morgan fingerprint density at radius 3 is 2.94 bits per heavy atom. The molecule has 2 rings (SSSR count). The summed E-state index contributed by atoms with van der Waals surface area (Å²) >= 11 is 1.72. The van der Waals surface area contributed by atoms with Crippen molar-refractivity contribution in [1.29, 1.82) is 0 Å². The number of rotatable bonds is 4. The van der Waals surface area contributed by atoms with Crippen molar-refractivity contribution < 1.29 is 4.79 Å². The Kier molecular flexibility index (Phi) is 4.07. The molecule has 16 heavy (non-hydrogen) atoms. The van der Waals surface area contributed by atoms with Crippen LogP contribution in [0.25, 0.3) is 0 Å². The lowest BCUT2D eigenvalue weighted by Gasteiger charge is -2.29. The van der Waals surface area contributed by atoms with Gasteiger partial charge in [0.25, 0.3) is 0 Å². The molecule has 1 aliphatic rings. The number of carbonyl (C=O) groups is 1. The summed E-state index contributed by atoms with van der Waals surface area (Å²) in [4.78, 5) is 17.4. The van der Waals surface area contributed by atoms with Gasteiger partial charge in [0.15, 0.2) is 0 Å². The lowest BCUT2D eigenvalue weighted by molar-refractivity contribution is -0.107. The summed E-state index contributed by atoms with van der Waals surface area (Å²) in [6.07, 6.45) is 3.81. The van der Waals surface area contributed by atoms with Crippen molar-refractivity contribution in [1.82, 2.24) is 9.88 Å². The molecule has 1 aromatic rings. The minimum atomic E-state index is 0.463. The molecule has 4 heteroatoms. The molecule has 1 fully saturated rings. The molecule has 1 saturated heterocycles. The number of likely N-dealkylation sites (tertiary alicyclic amines) is 1. The molecule has 0 spiro atoms. The molecular formula is C12H18N2OS. The lowest BCUT2D eigenvalue weighted by atomic mass is 9.97. The maximum Gasteiger partial charge on any atom is 0.125 e. The molecule has 2 heterocycles. The maximum absolute atomic E-state index is 10.4. The summed E-state index contributed by atoms with van der Waals surface area (Å²) in [6, 6.07) is 0. The predicted molar refractivity (Wildman–Crippen MR) is 66.0 cm³/mol. The highest BCUT2D eigenvalue weighted by Gasteiger charge is 2.21. The van der Waals surface area contributed by atoms with Gasteiger partial charge in [0, 0.05) is 17.7 Å². The topological polar surface area (TPSA) is 33.2 Å². The van der Waals surface area contributed by atoms with Crippen LogP contribution < -0.4 is 0 Å². The van der Waals surface area contributed by atoms with Gasteiger partial charge in [0.05, 0.1) is 10.7 Å². The third kappa shape index (κ3) is 2.68. The van der Waals surface area contributed by atoms with Gasteiger partial charge >= 0.3 is 0 Å². The van der Waals surface area contributed by atoms with Crippen LogP contribution in [0.4, 0.5) is 0 Å². The third-order valence-electron chi connectivity index (χ3n) is 3.25. The van der Waals surface area contributed by atoms with Crippen LogP contribution in [0, 0.1) is 0 Å². The van der Waals surface area contributed by atoms with Crippen molar-refractivity contribution in [3.05, 3.63) is 16.1 Å². The quantitative estimate of drug-likeness (QED) is 0.753. The smallest absolute Gasteiger partial charge is 0.125 e. The van der Waals surface area contributed by atoms with E-state index in [1.165, 1.54) is 30.9 Å². The Balaban J connectivity index is 1.94. The van der Waals surface area contributed by atoms with Gasteiger partial charge in [-0.3, -0.25) is 0 Å². The molecular weight excluding hydrogens is 220 g/mol. The van der Waals surface area contributed by atoms with Gasteiger partial charge in [0.2, 0.25) is 0 Å². The minimum absolute atomic E-state index is 0.463. The summed E-state index contributed by atoms with van der Waals surface area (Å²) in [5.74, 6) is 0.619. The Morgan fingerprint density at radius 2 is 2.31 bits per heavy atom. The van der Waals surface area contributed by atoms with Gasteiger partial charge in [-0.1, -0.05) is 6.92 Å². The van der Waals surface area contributed by atoms with E-state index in [-0.39, 0.29) is 0 Å². The number of carbonyl (C=O) groups excluding carboxylic acids is 1. The van der Waals surface area contributed by atoms with Crippen molar-refractivity contribution in [2.75, 3.05) is 19.6 Å². The normalized spacial score (nSPS) is 18.8. The van der Waals surface area contributed by atoms with Crippen LogP contribution >= 0.6 is 11.3 Å². The molecule has 88 valence electrons. The SMILES string of the molecule is CCN1CCC(c2nc(CC=O)cs2)CC1. The van der Waals surface area contributed by atoms with E-state index in [2.05, 4.69) is 16.8 Å². The molecule has 0 N–H and O–H groups in total. The van der Waals surface area contributed by atoms with E-state index in [1.54, 1.807) is 11.3 Å². The highest BCUT2D eigenvalue weighted by Crippen LogP contribution is 2.30. The van der Waals surface area contributed by atoms with Crippen LogP contribution in [-0.2, 0) is 11.2 Å². The molecule has 1 aromatic heterocycles. The summed E-state index contributed by atoms with van der Waals surface area (Å²) in [5.41, 5.74) is 0.938. The molecule has 0 radical (unpaired) electrons. The Hall–Kier alpha value is -0.740. The molecule has 0 unspecified atom stereocenters. The first kappa shape index (κ1) is 11.7. The van der Waals surface area contributed by atoms with Crippen LogP contribution in [0.3, 0.4) is 0 Å². The molecule has 0 bridgehead atoms. The van der Waals surface area contributed by atoms with Gasteiger partial charge in [-0.15, -0.1) is 11.3 Å². The molecule has 0 saturated carbocycles. The zero-order valence-electron chi connectivity index (χ0n) is 9.69. The van der Waals surface area contributed by atoms with E-state index in [4.69, 9.17) is 0 Å². The van der Waals surface area contributed by atoms with Crippen LogP contribution in [0.5, 0.6) is 0 Å². The van der Waals surface area contributed by atoms with Crippen molar-refractivity contribution in [2.24, 2.45) is 0 Å². The molecule has 0 aliphatic carbocycles. The van der Waals surface area contributed by atoms with Crippen LogP contribution in [0.1, 0.15) is 36.4 Å². The van der Waals surface area contributed by atoms with E-state index in [0.717, 1.165) is 18.5 Å². The zero-order valence-corrected chi connectivity index (χ0v) is 10.5. The van der Waals surface area contributed by atoms with Gasteiger partial charge in [-0.25, -0.2) is 4.98 Å². The van der Waals surface area contributed by atoms with Crippen molar-refractivity contribution in [3.8, 4) is 0 Å². The second kappa shape index (κ2) is 5.55. The number of hydrogen-bond acceptors (Lipinski definition) is 4. The second-order valence-electron chi connectivity index (χ2n) is 4.26. The fourth-order valence-corrected chi connectivity index (χ4v) is 3.19. The zero-order chi connectivity index (χ0) is 11.4. The fraction of sp³-hybridized carbons (Fsp3) is 0.667. The summed E-state index contributed by atoms with van der Waals surface area (Å²) in [7, 11) is 0. The first-order valence-corrected chi connectivity index (χ1v) is 6.81. The van der Waals surface area contributed by atoms with E-state index in [9.17, 15) is 4.79 Å². The minimum Gasteiger partial charge on any atom is -0.304 e. The van der Waals surface area contributed by atoms with Crippen molar-refractivity contribution in [2.45, 2.75) is 32.1 Å². The molecule has 0 amide bonds. The lowest BCUT2D eigenvalue weighted by Crippen LogP contribution is -2.32. The van der Waals surface area contributed by atoms with Gasteiger partial charge in [-0.05, 0) is 32.5 Å². The molecule has 0 atom stereocenters. The Morgan fingerprint density at radius 1 is 1.56 bits per heavy atom. The van der Waals surface area contributed by atoms with Crippen molar-refractivity contribution in [3.63, 3.8) is 0 Å². The fourth-order valence-electron chi connectivity index (χ4n) is 2.19. The van der Waals surface area contributed by atoms with Gasteiger partial charge in [-0.2, -0.15) is 0 Å². The van der Waals surface area contributed by atoms with Gasteiger partial charge in [0.1, 0.15) is 6.29 Å². The highest BCUT2D eigenvalue weighted by molar-refractivity contribution is 7.09. The van der Waals surface area contributed by atoms with E-state index >= 15 is 0 Å². The van der Waals surface area contributed by atoms with Crippen molar-refractivity contribution >= 4 is 17.6 Å². The number of aromatic nitrogens is 1. The van der Waals surface area contributed by atoms with E-state index in [0.29, 0.717) is 12.3 Å². The average molecular weight is 238 g/mol. The Labute approximate surface area is 100 Å². The summed E-state index contributed by atoms with van der Waals surface area (Å²) in [5, 5.41) is 3.25. The van der Waals surface area contributed by atoms with Crippen LogP contribution in [0.15, 0.2) is 5.38 Å². The third-order valence-corrected chi connectivity index (χ3v) is 4.30. The standard InChI is InChI=1S/C12H18N2OS/c1-2-14-6-3-10(4-7-14)12-13-11(5-8-15)9-16-12/h8-10H,2-7H2,1H3. The van der Waals surface area contributed by atoms with E-state index in [1.807, 2.05) is 5.38 Å². The monoisotopic (exact) mass is 238 g/mol. The largest absolute Gasteiger partial charge is 0.304 e. The first-order valence-electron chi connectivity index (χ1n) is 5.93. The highest BCUT2D eigenvalue weighted by atomic mass is 32.1. The predicted octanol–water partition coefficient (Wildman–Crippen LogP) is 2.08. The summed E-state index contributed by atoms with van der Waals surface area (Å²) < 4.78 is 0. The molecule has 1 aliphatic heterocycles. The molecule has 3 nitrogen and oxygen atoms in total. The Bertz CT molecular complexity index is 343. The first-order chi connectivity index (χ1) is 7.83. The number of nitrogens with zero attached hydrogens (tertiary/aromatic N) is 2. The van der Waals surface area contributed by atoms with Crippen LogP contribution in [-0.4, -0.2) is 35.8 Å². The number of piperidine rings is 1.